The Morgan fingerprint density at radius 1 is 1.14 bits per heavy atom. The number of carbonyl (C=O) groups excluding carboxylic acids is 1. The maximum Gasteiger partial charge on any atom is 0.320 e. The molecule has 2 N–H and O–H groups in total. The number of carbonyl (C=O) groups is 2. The summed E-state index contributed by atoms with van der Waals surface area (Å²) in [7, 11) is 1.95. The lowest BCUT2D eigenvalue weighted by Gasteiger charge is -2.35. The zero-order valence-electron chi connectivity index (χ0n) is 12.9. The number of carboxylic acid groups (broad SMARTS) is 1. The smallest absolute Gasteiger partial charge is 0.320 e. The monoisotopic (exact) mass is 297 g/mol. The number of hydrogen-bond acceptors (Lipinski definition) is 3. The molecule has 2 rings (SSSR count). The van der Waals surface area contributed by atoms with Gasteiger partial charge in [-0.05, 0) is 51.1 Å². The van der Waals surface area contributed by atoms with Crippen LogP contribution < -0.4 is 5.32 Å². The first-order valence-electron chi connectivity index (χ1n) is 8.00. The molecule has 0 bridgehead atoms. The molecular weight excluding hydrogens is 270 g/mol. The Morgan fingerprint density at radius 2 is 1.86 bits per heavy atom. The van der Waals surface area contributed by atoms with Crippen LogP contribution in [0.4, 0.5) is 4.79 Å². The topological polar surface area (TPSA) is 72.9 Å². The van der Waals surface area contributed by atoms with E-state index >= 15 is 0 Å². The van der Waals surface area contributed by atoms with Gasteiger partial charge in [-0.2, -0.15) is 0 Å². The van der Waals surface area contributed by atoms with Gasteiger partial charge < -0.3 is 20.2 Å². The molecule has 0 spiro atoms. The van der Waals surface area contributed by atoms with Crippen molar-refractivity contribution in [3.05, 3.63) is 0 Å². The highest BCUT2D eigenvalue weighted by Crippen LogP contribution is 2.24. The highest BCUT2D eigenvalue weighted by Gasteiger charge is 2.31. The Kier molecular flexibility index (Phi) is 5.85. The van der Waals surface area contributed by atoms with E-state index in [9.17, 15) is 9.59 Å². The number of urea groups is 1. The fourth-order valence-electron chi connectivity index (χ4n) is 3.46. The van der Waals surface area contributed by atoms with E-state index in [0.29, 0.717) is 18.3 Å². The second-order valence-corrected chi connectivity index (χ2v) is 6.33. The van der Waals surface area contributed by atoms with E-state index in [1.807, 2.05) is 16.8 Å². The van der Waals surface area contributed by atoms with Crippen LogP contribution >= 0.6 is 0 Å². The van der Waals surface area contributed by atoms with E-state index < -0.39 is 5.97 Å². The molecule has 2 aliphatic heterocycles. The van der Waals surface area contributed by atoms with E-state index in [-0.39, 0.29) is 12.5 Å². The van der Waals surface area contributed by atoms with Gasteiger partial charge in [-0.25, -0.2) is 4.79 Å². The molecule has 0 aromatic rings. The molecule has 6 heteroatoms. The van der Waals surface area contributed by atoms with Gasteiger partial charge in [0.25, 0.3) is 0 Å². The van der Waals surface area contributed by atoms with Crippen LogP contribution in [0.1, 0.15) is 32.1 Å². The Bertz CT molecular complexity index is 373. The molecule has 0 aromatic carbocycles. The number of carboxylic acids is 1. The van der Waals surface area contributed by atoms with Crippen molar-refractivity contribution in [1.29, 1.82) is 0 Å². The number of nitrogens with one attached hydrogen (secondary N) is 1. The number of piperidine rings is 1. The van der Waals surface area contributed by atoms with Gasteiger partial charge in [-0.15, -0.1) is 0 Å². The fraction of sp³-hybridized carbons (Fsp3) is 0.867. The van der Waals surface area contributed by atoms with Crippen molar-refractivity contribution in [3.63, 3.8) is 0 Å². The van der Waals surface area contributed by atoms with Gasteiger partial charge in [-0.3, -0.25) is 4.79 Å². The molecule has 0 radical (unpaired) electrons. The van der Waals surface area contributed by atoms with Crippen molar-refractivity contribution >= 4 is 12.0 Å². The van der Waals surface area contributed by atoms with E-state index in [4.69, 9.17) is 5.11 Å². The molecule has 0 aromatic heterocycles. The Hall–Kier alpha value is -1.30. The standard InChI is InChI=1S/C15H27N3O3/c1-16-9-13-3-2-7-17(11-13)15(21)18-8-6-12(10-18)4-5-14(19)20/h12-13,16H,2-11H2,1H3,(H,19,20). The molecular formula is C15H27N3O3. The second-order valence-electron chi connectivity index (χ2n) is 6.33. The molecule has 2 heterocycles. The molecule has 2 saturated heterocycles. The molecule has 0 aliphatic carbocycles. The van der Waals surface area contributed by atoms with Crippen molar-refractivity contribution < 1.29 is 14.7 Å². The predicted octanol–water partition coefficient (Wildman–Crippen LogP) is 1.22. The first-order chi connectivity index (χ1) is 10.1. The van der Waals surface area contributed by atoms with Gasteiger partial charge >= 0.3 is 12.0 Å². The van der Waals surface area contributed by atoms with Gasteiger partial charge in [-0.1, -0.05) is 0 Å². The van der Waals surface area contributed by atoms with Gasteiger partial charge in [0.2, 0.25) is 0 Å². The molecule has 0 saturated carbocycles. The van der Waals surface area contributed by atoms with Gasteiger partial charge in [0, 0.05) is 32.6 Å². The lowest BCUT2D eigenvalue weighted by molar-refractivity contribution is -0.137. The second kappa shape index (κ2) is 7.64. The summed E-state index contributed by atoms with van der Waals surface area (Å²) < 4.78 is 0. The van der Waals surface area contributed by atoms with Crippen molar-refractivity contribution in [3.8, 4) is 0 Å². The van der Waals surface area contributed by atoms with Crippen LogP contribution in [-0.2, 0) is 4.79 Å². The summed E-state index contributed by atoms with van der Waals surface area (Å²) >= 11 is 0. The largest absolute Gasteiger partial charge is 0.481 e. The van der Waals surface area contributed by atoms with E-state index in [0.717, 1.165) is 45.6 Å². The quantitative estimate of drug-likeness (QED) is 0.800. The molecule has 2 unspecified atom stereocenters. The van der Waals surface area contributed by atoms with Gasteiger partial charge in [0.1, 0.15) is 0 Å². The van der Waals surface area contributed by atoms with Crippen molar-refractivity contribution in [2.24, 2.45) is 11.8 Å². The van der Waals surface area contributed by atoms with Gasteiger partial charge in [0.15, 0.2) is 0 Å². The molecule has 6 nitrogen and oxygen atoms in total. The molecule has 120 valence electrons. The van der Waals surface area contributed by atoms with Crippen molar-refractivity contribution in [2.45, 2.75) is 32.1 Å². The predicted molar refractivity (Wildman–Crippen MR) is 80.2 cm³/mol. The molecule has 2 aliphatic rings. The number of rotatable bonds is 5. The molecule has 2 fully saturated rings. The van der Waals surface area contributed by atoms with Crippen LogP contribution in [0.2, 0.25) is 0 Å². The Labute approximate surface area is 126 Å². The zero-order valence-corrected chi connectivity index (χ0v) is 12.9. The van der Waals surface area contributed by atoms with Gasteiger partial charge in [0.05, 0.1) is 0 Å². The van der Waals surface area contributed by atoms with Crippen molar-refractivity contribution in [1.82, 2.24) is 15.1 Å². The SMILES string of the molecule is CNCC1CCCN(C(=O)N2CCC(CCC(=O)O)C2)C1. The minimum absolute atomic E-state index is 0.147. The summed E-state index contributed by atoms with van der Waals surface area (Å²) in [5, 5.41) is 11.9. The summed E-state index contributed by atoms with van der Waals surface area (Å²) in [5.74, 6) is 0.159. The summed E-state index contributed by atoms with van der Waals surface area (Å²) in [6, 6.07) is 0.147. The number of likely N-dealkylation sites (tertiary alicyclic amines) is 2. The minimum Gasteiger partial charge on any atom is -0.481 e. The minimum atomic E-state index is -0.745. The lowest BCUT2D eigenvalue weighted by atomic mass is 9.98. The summed E-state index contributed by atoms with van der Waals surface area (Å²) in [6.45, 7) is 4.16. The highest BCUT2D eigenvalue weighted by molar-refractivity contribution is 5.75. The molecule has 21 heavy (non-hydrogen) atoms. The van der Waals surface area contributed by atoms with Crippen LogP contribution in [0.5, 0.6) is 0 Å². The average Bonchev–Trinajstić information content (AvgIpc) is 2.94. The maximum atomic E-state index is 12.5. The third-order valence-electron chi connectivity index (χ3n) is 4.61. The number of hydrogen-bond donors (Lipinski definition) is 2. The Morgan fingerprint density at radius 3 is 2.57 bits per heavy atom. The zero-order chi connectivity index (χ0) is 15.2. The number of amides is 2. The average molecular weight is 297 g/mol. The maximum absolute atomic E-state index is 12.5. The first-order valence-corrected chi connectivity index (χ1v) is 8.00. The van der Waals surface area contributed by atoms with Crippen molar-refractivity contribution in [2.75, 3.05) is 39.8 Å². The number of nitrogens with zero attached hydrogens (tertiary/aromatic N) is 2. The van der Waals surface area contributed by atoms with Crippen LogP contribution in [0.25, 0.3) is 0 Å². The van der Waals surface area contributed by atoms with E-state index in [1.165, 1.54) is 6.42 Å². The third kappa shape index (κ3) is 4.59. The van der Waals surface area contributed by atoms with Crippen LogP contribution in [0, 0.1) is 11.8 Å². The van der Waals surface area contributed by atoms with Crippen LogP contribution in [0.3, 0.4) is 0 Å². The van der Waals surface area contributed by atoms with E-state index in [1.54, 1.807) is 0 Å². The normalized spacial score (nSPS) is 26.1. The third-order valence-corrected chi connectivity index (χ3v) is 4.61. The van der Waals surface area contributed by atoms with Crippen LogP contribution in [-0.4, -0.2) is 66.7 Å². The Balaban J connectivity index is 1.79. The summed E-state index contributed by atoms with van der Waals surface area (Å²) in [6.07, 6.45) is 4.09. The molecule has 2 atom stereocenters. The summed E-state index contributed by atoms with van der Waals surface area (Å²) in [5.41, 5.74) is 0. The molecule has 2 amide bonds. The summed E-state index contributed by atoms with van der Waals surface area (Å²) in [4.78, 5) is 27.1. The fourth-order valence-corrected chi connectivity index (χ4v) is 3.46. The number of aliphatic carboxylic acids is 1. The van der Waals surface area contributed by atoms with Crippen LogP contribution in [0.15, 0.2) is 0 Å². The highest BCUT2D eigenvalue weighted by atomic mass is 16.4. The first kappa shape index (κ1) is 16.1. The van der Waals surface area contributed by atoms with E-state index in [2.05, 4.69) is 5.32 Å². The lowest BCUT2D eigenvalue weighted by Crippen LogP contribution is -2.48.